The van der Waals surface area contributed by atoms with Crippen LogP contribution in [0.5, 0.6) is 0 Å². The van der Waals surface area contributed by atoms with Crippen LogP contribution in [0.4, 0.5) is 17.1 Å². The van der Waals surface area contributed by atoms with Crippen molar-refractivity contribution < 1.29 is 4.42 Å². The molecule has 0 saturated heterocycles. The third-order valence-corrected chi connectivity index (χ3v) is 18.0. The minimum absolute atomic E-state index is 0.484. The number of aromatic nitrogens is 1. The number of anilines is 3. The molecule has 0 bridgehead atoms. The lowest BCUT2D eigenvalue weighted by Gasteiger charge is -2.39. The predicted octanol–water partition coefficient (Wildman–Crippen LogP) is 18.8. The predicted molar refractivity (Wildman–Crippen MR) is 315 cm³/mol. The van der Waals surface area contributed by atoms with E-state index in [4.69, 9.17) is 4.42 Å². The molecule has 18 rings (SSSR count). The van der Waals surface area contributed by atoms with Gasteiger partial charge in [-0.2, -0.15) is 0 Å². The van der Waals surface area contributed by atoms with Crippen molar-refractivity contribution in [3.05, 3.63) is 311 Å². The summed E-state index contributed by atoms with van der Waals surface area (Å²) < 4.78 is 8.80. The summed E-state index contributed by atoms with van der Waals surface area (Å²) >= 11 is 0. The number of hydrogen-bond acceptors (Lipinski definition) is 2. The number of furan rings is 1. The first-order chi connectivity index (χ1) is 38.2. The molecule has 12 aromatic carbocycles. The molecule has 1 atom stereocenters. The Morgan fingerprint density at radius 3 is 1.60 bits per heavy atom. The summed E-state index contributed by atoms with van der Waals surface area (Å²) in [6, 6.07) is 100. The molecule has 77 heavy (non-hydrogen) atoms. The van der Waals surface area contributed by atoms with E-state index in [0.717, 1.165) is 50.1 Å². The standard InChI is InChI=1S/C74H44N2O/c1-7-24-58-49(17-1)50-18-2-8-25-59(50)73(58)61-27-10-4-22-55(61)71-64(73)29-16-33-68(71)75(47-38-35-45(36-39-47)46-37-42-70-57(43-46)53-21-6-14-34-69(53)77-70)48-40-41-62-56(44-48)51-19-3-9-26-60(51)74(62)63-28-11-13-32-67(63)76-66-31-12-5-20-52(66)54-23-15-30-65(74)72(54)76/h1-44H. The van der Waals surface area contributed by atoms with E-state index in [1.165, 1.54) is 105 Å². The van der Waals surface area contributed by atoms with Gasteiger partial charge in [0.1, 0.15) is 11.2 Å². The molecule has 0 N–H and O–H groups in total. The number of benzene rings is 12. The average molecular weight is 977 g/mol. The molecule has 4 aliphatic rings. The maximum atomic E-state index is 6.27. The van der Waals surface area contributed by atoms with E-state index in [2.05, 4.69) is 270 Å². The minimum atomic E-state index is -0.554. The highest BCUT2D eigenvalue weighted by Gasteiger charge is 2.53. The van der Waals surface area contributed by atoms with E-state index < -0.39 is 10.8 Å². The minimum Gasteiger partial charge on any atom is -0.456 e. The number of nitrogens with zero attached hydrogens (tertiary/aromatic N) is 2. The molecule has 0 amide bonds. The smallest absolute Gasteiger partial charge is 0.135 e. The lowest BCUT2D eigenvalue weighted by atomic mass is 9.65. The van der Waals surface area contributed by atoms with E-state index >= 15 is 0 Å². The fraction of sp³-hybridized carbons (Fsp3) is 0.0270. The van der Waals surface area contributed by atoms with Crippen LogP contribution >= 0.6 is 0 Å². The van der Waals surface area contributed by atoms with E-state index in [1.54, 1.807) is 0 Å². The third-order valence-electron chi connectivity index (χ3n) is 18.0. The van der Waals surface area contributed by atoms with Crippen LogP contribution in [0.15, 0.2) is 271 Å². The van der Waals surface area contributed by atoms with Gasteiger partial charge in [0.2, 0.25) is 0 Å². The number of hydrogen-bond donors (Lipinski definition) is 0. The van der Waals surface area contributed by atoms with Crippen LogP contribution < -0.4 is 4.90 Å². The van der Waals surface area contributed by atoms with E-state index in [-0.39, 0.29) is 0 Å². The van der Waals surface area contributed by atoms with Crippen molar-refractivity contribution in [2.24, 2.45) is 0 Å². The van der Waals surface area contributed by atoms with Gasteiger partial charge >= 0.3 is 0 Å². The van der Waals surface area contributed by atoms with Gasteiger partial charge in [-0.15, -0.1) is 0 Å². The Balaban J connectivity index is 0.892. The topological polar surface area (TPSA) is 21.3 Å². The summed E-state index contributed by atoms with van der Waals surface area (Å²) in [5, 5.41) is 4.82. The first-order valence-electron chi connectivity index (χ1n) is 26.8. The summed E-state index contributed by atoms with van der Waals surface area (Å²) in [5.74, 6) is 0. The van der Waals surface area contributed by atoms with Crippen LogP contribution in [-0.4, -0.2) is 4.57 Å². The quantitative estimate of drug-likeness (QED) is 0.175. The van der Waals surface area contributed by atoms with Gasteiger partial charge in [0.25, 0.3) is 0 Å². The number of fused-ring (bicyclic) bond motifs is 25. The van der Waals surface area contributed by atoms with Crippen LogP contribution in [-0.2, 0) is 10.8 Å². The van der Waals surface area contributed by atoms with Crippen LogP contribution in [0.1, 0.15) is 44.5 Å². The Morgan fingerprint density at radius 2 is 0.831 bits per heavy atom. The summed E-state index contributed by atoms with van der Waals surface area (Å²) in [4.78, 5) is 2.54. The molecule has 2 spiro atoms. The summed E-state index contributed by atoms with van der Waals surface area (Å²) in [5.41, 5.74) is 28.3. The Morgan fingerprint density at radius 1 is 0.312 bits per heavy atom. The van der Waals surface area contributed by atoms with Gasteiger partial charge in [-0.1, -0.05) is 206 Å². The highest BCUT2D eigenvalue weighted by Crippen LogP contribution is 2.66. The van der Waals surface area contributed by atoms with Crippen molar-refractivity contribution in [3.63, 3.8) is 0 Å². The van der Waals surface area contributed by atoms with Crippen LogP contribution in [0, 0.1) is 0 Å². The molecule has 356 valence electrons. The lowest BCUT2D eigenvalue weighted by molar-refractivity contribution is 0.669. The lowest BCUT2D eigenvalue weighted by Crippen LogP contribution is -2.33. The molecular weight excluding hydrogens is 933 g/mol. The fourth-order valence-electron chi connectivity index (χ4n) is 15.1. The van der Waals surface area contributed by atoms with E-state index in [1.807, 2.05) is 6.07 Å². The van der Waals surface area contributed by atoms with E-state index in [9.17, 15) is 0 Å². The molecule has 3 heterocycles. The van der Waals surface area contributed by atoms with Crippen LogP contribution in [0.2, 0.25) is 0 Å². The molecule has 3 nitrogen and oxygen atoms in total. The second-order valence-electron chi connectivity index (χ2n) is 21.4. The molecular formula is C74H44N2O. The maximum Gasteiger partial charge on any atom is 0.135 e. The SMILES string of the molecule is c1ccc2c(c1)-c1ccccc1C21c2ccccc2-c2c(N(c3ccc(-c4ccc5oc6ccccc6c5c4)cc3)c3ccc4c(c3)-c3ccccc3C43c4ccccc4-n4c5ccccc5c5cccc3c54)cccc21. The van der Waals surface area contributed by atoms with Gasteiger partial charge in [0.15, 0.2) is 0 Å². The number of rotatable bonds is 4. The fourth-order valence-corrected chi connectivity index (χ4v) is 15.1. The van der Waals surface area contributed by atoms with Gasteiger partial charge in [-0.3, -0.25) is 0 Å². The van der Waals surface area contributed by atoms with Gasteiger partial charge < -0.3 is 13.9 Å². The first-order valence-corrected chi connectivity index (χ1v) is 26.8. The zero-order valence-corrected chi connectivity index (χ0v) is 41.7. The molecule has 0 fully saturated rings. The van der Waals surface area contributed by atoms with Crippen LogP contribution in [0.25, 0.3) is 93.9 Å². The Hall–Kier alpha value is -9.96. The second-order valence-corrected chi connectivity index (χ2v) is 21.4. The Kier molecular flexibility index (Phi) is 8.00. The summed E-state index contributed by atoms with van der Waals surface area (Å²) in [7, 11) is 0. The Labute approximate surface area is 444 Å². The highest BCUT2D eigenvalue weighted by atomic mass is 16.3. The molecule has 2 aromatic heterocycles. The first kappa shape index (κ1) is 41.4. The molecule has 14 aromatic rings. The number of para-hydroxylation sites is 4. The van der Waals surface area contributed by atoms with Crippen molar-refractivity contribution in [2.75, 3.05) is 4.90 Å². The van der Waals surface area contributed by atoms with Crippen molar-refractivity contribution in [2.45, 2.75) is 10.8 Å². The van der Waals surface area contributed by atoms with Crippen molar-refractivity contribution in [3.8, 4) is 50.2 Å². The van der Waals surface area contributed by atoms with Gasteiger partial charge in [0, 0.05) is 38.5 Å². The largest absolute Gasteiger partial charge is 0.456 e. The molecule has 1 aliphatic heterocycles. The van der Waals surface area contributed by atoms with Crippen molar-refractivity contribution in [1.82, 2.24) is 4.57 Å². The molecule has 0 radical (unpaired) electrons. The molecule has 0 saturated carbocycles. The van der Waals surface area contributed by atoms with Crippen molar-refractivity contribution >= 4 is 60.8 Å². The van der Waals surface area contributed by atoms with Gasteiger partial charge in [-0.05, 0) is 144 Å². The Bertz CT molecular complexity index is 4850. The normalized spacial score (nSPS) is 15.4. The third kappa shape index (κ3) is 5.07. The zero-order chi connectivity index (χ0) is 50.1. The second kappa shape index (κ2) is 14.9. The highest BCUT2D eigenvalue weighted by molar-refractivity contribution is 6.13. The molecule has 3 aliphatic carbocycles. The maximum absolute atomic E-state index is 6.27. The van der Waals surface area contributed by atoms with E-state index in [0.29, 0.717) is 0 Å². The van der Waals surface area contributed by atoms with Crippen LogP contribution in [0.3, 0.4) is 0 Å². The van der Waals surface area contributed by atoms with Gasteiger partial charge in [0.05, 0.1) is 33.2 Å². The zero-order valence-electron chi connectivity index (χ0n) is 41.7. The molecule has 3 heteroatoms. The summed E-state index contributed by atoms with van der Waals surface area (Å²) in [6.07, 6.45) is 0. The summed E-state index contributed by atoms with van der Waals surface area (Å²) in [6.45, 7) is 0. The molecule has 1 unspecified atom stereocenters. The average Bonchev–Trinajstić information content (AvgIpc) is 4.46. The monoisotopic (exact) mass is 976 g/mol. The van der Waals surface area contributed by atoms with Crippen molar-refractivity contribution in [1.29, 1.82) is 0 Å². The van der Waals surface area contributed by atoms with Gasteiger partial charge in [-0.25, -0.2) is 0 Å².